The van der Waals surface area contributed by atoms with Crippen molar-refractivity contribution >= 4 is 5.82 Å². The predicted molar refractivity (Wildman–Crippen MR) is 74.9 cm³/mol. The van der Waals surface area contributed by atoms with Gasteiger partial charge in [0.2, 0.25) is 0 Å². The smallest absolute Gasteiger partial charge is 0.146 e. The molecule has 0 bridgehead atoms. The molecule has 4 heteroatoms. The van der Waals surface area contributed by atoms with E-state index >= 15 is 0 Å². The summed E-state index contributed by atoms with van der Waals surface area (Å²) in [6.07, 6.45) is 1.06. The highest BCUT2D eigenvalue weighted by Gasteiger charge is 2.12. The molecule has 18 heavy (non-hydrogen) atoms. The molecule has 1 aromatic heterocycles. The minimum absolute atomic E-state index is 0.688. The molecule has 0 fully saturated rings. The van der Waals surface area contributed by atoms with Gasteiger partial charge in [-0.2, -0.15) is 5.26 Å². The van der Waals surface area contributed by atoms with Crippen LogP contribution in [-0.2, 0) is 0 Å². The first-order chi connectivity index (χ1) is 8.45. The van der Waals surface area contributed by atoms with Crippen LogP contribution in [0.1, 0.15) is 23.2 Å². The first-order valence-corrected chi connectivity index (χ1v) is 6.20. The molecule has 0 spiro atoms. The van der Waals surface area contributed by atoms with Crippen molar-refractivity contribution in [2.45, 2.75) is 20.3 Å². The summed E-state index contributed by atoms with van der Waals surface area (Å²) >= 11 is 0. The van der Waals surface area contributed by atoms with Gasteiger partial charge in [0, 0.05) is 19.3 Å². The lowest BCUT2D eigenvalue weighted by Gasteiger charge is -2.21. The summed E-state index contributed by atoms with van der Waals surface area (Å²) in [6.45, 7) is 5.87. The van der Waals surface area contributed by atoms with Crippen molar-refractivity contribution in [1.29, 1.82) is 5.26 Å². The fraction of sp³-hybridized carbons (Fsp3) is 0.571. The molecule has 0 aromatic carbocycles. The molecule has 0 aliphatic rings. The molecule has 1 aromatic rings. The van der Waals surface area contributed by atoms with E-state index in [0.29, 0.717) is 5.56 Å². The summed E-state index contributed by atoms with van der Waals surface area (Å²) in [4.78, 5) is 8.72. The summed E-state index contributed by atoms with van der Waals surface area (Å²) < 4.78 is 0. The molecule has 1 rings (SSSR count). The molecule has 0 radical (unpaired) electrons. The second kappa shape index (κ2) is 6.36. The summed E-state index contributed by atoms with van der Waals surface area (Å²) in [5, 5.41) is 9.23. The molecular formula is C14H22N4. The van der Waals surface area contributed by atoms with Gasteiger partial charge in [0.25, 0.3) is 0 Å². The monoisotopic (exact) mass is 246 g/mol. The van der Waals surface area contributed by atoms with Gasteiger partial charge in [0.15, 0.2) is 0 Å². The molecule has 0 amide bonds. The second-order valence-corrected chi connectivity index (χ2v) is 4.97. The highest BCUT2D eigenvalue weighted by atomic mass is 15.2. The lowest BCUT2D eigenvalue weighted by atomic mass is 10.1. The van der Waals surface area contributed by atoms with Crippen LogP contribution in [0.15, 0.2) is 6.07 Å². The minimum Gasteiger partial charge on any atom is -0.359 e. The van der Waals surface area contributed by atoms with Crippen molar-refractivity contribution in [2.24, 2.45) is 0 Å². The van der Waals surface area contributed by atoms with Gasteiger partial charge in [-0.25, -0.2) is 4.98 Å². The largest absolute Gasteiger partial charge is 0.359 e. The Morgan fingerprint density at radius 3 is 2.44 bits per heavy atom. The maximum Gasteiger partial charge on any atom is 0.146 e. The molecular weight excluding hydrogens is 224 g/mol. The summed E-state index contributed by atoms with van der Waals surface area (Å²) in [7, 11) is 6.13. The van der Waals surface area contributed by atoms with Gasteiger partial charge in [0.05, 0.1) is 5.56 Å². The Hall–Kier alpha value is -1.60. The van der Waals surface area contributed by atoms with Crippen LogP contribution >= 0.6 is 0 Å². The van der Waals surface area contributed by atoms with Gasteiger partial charge in [-0.05, 0) is 52.5 Å². The first kappa shape index (κ1) is 14.5. The summed E-state index contributed by atoms with van der Waals surface area (Å²) in [6, 6.07) is 4.21. The van der Waals surface area contributed by atoms with Crippen LogP contribution in [0, 0.1) is 25.2 Å². The van der Waals surface area contributed by atoms with Crippen molar-refractivity contribution < 1.29 is 0 Å². The summed E-state index contributed by atoms with van der Waals surface area (Å²) in [5.74, 6) is 0.800. The van der Waals surface area contributed by atoms with Crippen LogP contribution in [0.25, 0.3) is 0 Å². The number of hydrogen-bond donors (Lipinski definition) is 0. The van der Waals surface area contributed by atoms with Crippen LogP contribution in [-0.4, -0.2) is 44.1 Å². The van der Waals surface area contributed by atoms with Crippen molar-refractivity contribution in [3.8, 4) is 6.07 Å². The van der Waals surface area contributed by atoms with E-state index in [4.69, 9.17) is 0 Å². The van der Waals surface area contributed by atoms with Crippen LogP contribution < -0.4 is 4.90 Å². The first-order valence-electron chi connectivity index (χ1n) is 6.20. The molecule has 0 aliphatic carbocycles. The van der Waals surface area contributed by atoms with Gasteiger partial charge in [-0.1, -0.05) is 0 Å². The maximum absolute atomic E-state index is 9.23. The van der Waals surface area contributed by atoms with E-state index < -0.39 is 0 Å². The number of hydrogen-bond acceptors (Lipinski definition) is 4. The molecule has 0 saturated carbocycles. The molecule has 0 aliphatic heterocycles. The fourth-order valence-electron chi connectivity index (χ4n) is 1.96. The quantitative estimate of drug-likeness (QED) is 0.796. The van der Waals surface area contributed by atoms with Crippen LogP contribution in [0.3, 0.4) is 0 Å². The second-order valence-electron chi connectivity index (χ2n) is 4.97. The van der Waals surface area contributed by atoms with E-state index in [2.05, 4.69) is 34.9 Å². The molecule has 0 N–H and O–H groups in total. The molecule has 1 heterocycles. The Morgan fingerprint density at radius 2 is 1.89 bits per heavy atom. The Kier molecular flexibility index (Phi) is 5.11. The highest BCUT2D eigenvalue weighted by Crippen LogP contribution is 2.20. The molecule has 4 nitrogen and oxygen atoms in total. The summed E-state index contributed by atoms with van der Waals surface area (Å²) in [5.41, 5.74) is 2.65. The van der Waals surface area contributed by atoms with Crippen molar-refractivity contribution in [3.05, 3.63) is 22.9 Å². The number of nitriles is 1. The van der Waals surface area contributed by atoms with Gasteiger partial charge in [0.1, 0.15) is 11.9 Å². The van der Waals surface area contributed by atoms with E-state index in [1.807, 2.05) is 27.0 Å². The standard InChI is InChI=1S/C14H22N4/c1-11-9-12(2)16-14(13(11)10-15)18(5)8-6-7-17(3)4/h9H,6-8H2,1-5H3. The van der Waals surface area contributed by atoms with Gasteiger partial charge < -0.3 is 9.80 Å². The number of aromatic nitrogens is 1. The Labute approximate surface area is 110 Å². The normalized spacial score (nSPS) is 10.5. The number of anilines is 1. The molecule has 0 unspecified atom stereocenters. The van der Waals surface area contributed by atoms with Crippen molar-refractivity contribution in [3.63, 3.8) is 0 Å². The van der Waals surface area contributed by atoms with Crippen LogP contribution in [0.2, 0.25) is 0 Å². The minimum atomic E-state index is 0.688. The Bertz CT molecular complexity index is 446. The molecule has 0 saturated heterocycles. The average molecular weight is 246 g/mol. The zero-order valence-corrected chi connectivity index (χ0v) is 12.0. The third kappa shape index (κ3) is 3.71. The average Bonchev–Trinajstić information content (AvgIpc) is 2.27. The van der Waals surface area contributed by atoms with Gasteiger partial charge in [-0.15, -0.1) is 0 Å². The fourth-order valence-corrected chi connectivity index (χ4v) is 1.96. The van der Waals surface area contributed by atoms with Crippen LogP contribution in [0.4, 0.5) is 5.82 Å². The number of rotatable bonds is 5. The predicted octanol–water partition coefficient (Wildman–Crippen LogP) is 1.96. The van der Waals surface area contributed by atoms with Crippen LogP contribution in [0.5, 0.6) is 0 Å². The van der Waals surface area contributed by atoms with E-state index in [-0.39, 0.29) is 0 Å². The van der Waals surface area contributed by atoms with E-state index in [9.17, 15) is 5.26 Å². The molecule has 0 atom stereocenters. The van der Waals surface area contributed by atoms with Crippen molar-refractivity contribution in [2.75, 3.05) is 39.1 Å². The van der Waals surface area contributed by atoms with Gasteiger partial charge in [-0.3, -0.25) is 0 Å². The highest BCUT2D eigenvalue weighted by molar-refractivity contribution is 5.57. The zero-order valence-electron chi connectivity index (χ0n) is 12.0. The Morgan fingerprint density at radius 1 is 1.22 bits per heavy atom. The lowest BCUT2D eigenvalue weighted by Crippen LogP contribution is -2.25. The maximum atomic E-state index is 9.23. The van der Waals surface area contributed by atoms with Gasteiger partial charge >= 0.3 is 0 Å². The lowest BCUT2D eigenvalue weighted by molar-refractivity contribution is 0.401. The van der Waals surface area contributed by atoms with E-state index in [1.165, 1.54) is 0 Å². The zero-order chi connectivity index (χ0) is 13.7. The molecule has 98 valence electrons. The third-order valence-corrected chi connectivity index (χ3v) is 2.90. The Balaban J connectivity index is 2.85. The van der Waals surface area contributed by atoms with Crippen molar-refractivity contribution in [1.82, 2.24) is 9.88 Å². The van der Waals surface area contributed by atoms with E-state index in [1.54, 1.807) is 0 Å². The number of nitrogens with zero attached hydrogens (tertiary/aromatic N) is 4. The SMILES string of the molecule is Cc1cc(C)c(C#N)c(N(C)CCCN(C)C)n1. The third-order valence-electron chi connectivity index (χ3n) is 2.90. The number of aryl methyl sites for hydroxylation is 2. The van der Waals surface area contributed by atoms with E-state index in [0.717, 1.165) is 36.6 Å². The topological polar surface area (TPSA) is 43.2 Å². The number of pyridine rings is 1.